The molecule has 4 rings (SSSR count). The fourth-order valence-corrected chi connectivity index (χ4v) is 3.88. The molecule has 0 bridgehead atoms. The van der Waals surface area contributed by atoms with Gasteiger partial charge in [0.2, 0.25) is 5.91 Å². The lowest BCUT2D eigenvalue weighted by Gasteiger charge is -2.36. The summed E-state index contributed by atoms with van der Waals surface area (Å²) in [5.41, 5.74) is 1.12. The zero-order valence-electron chi connectivity index (χ0n) is 15.7. The maximum Gasteiger partial charge on any atom is 0.257 e. The molecule has 2 amide bonds. The van der Waals surface area contributed by atoms with E-state index in [4.69, 9.17) is 0 Å². The third kappa shape index (κ3) is 4.26. The van der Waals surface area contributed by atoms with E-state index in [0.717, 1.165) is 6.42 Å². The maximum atomic E-state index is 14.5. The molecule has 2 aromatic carbocycles. The fraction of sp³-hybridized carbons (Fsp3) is 0.333. The molecular weight excluding hydrogens is 400 g/mol. The van der Waals surface area contributed by atoms with Crippen LogP contribution in [0.5, 0.6) is 0 Å². The second-order valence-electron chi connectivity index (χ2n) is 7.09. The number of nitrogens with one attached hydrogen (secondary N) is 1. The predicted molar refractivity (Wildman–Crippen MR) is 108 cm³/mol. The topological polar surface area (TPSA) is 52.7 Å². The van der Waals surface area contributed by atoms with Gasteiger partial charge in [0.1, 0.15) is 11.6 Å². The van der Waals surface area contributed by atoms with Crippen LogP contribution in [-0.4, -0.2) is 42.9 Å². The highest BCUT2D eigenvalue weighted by Crippen LogP contribution is 2.28. The van der Waals surface area contributed by atoms with Crippen molar-refractivity contribution in [1.82, 2.24) is 10.2 Å². The average molecular weight is 422 g/mol. The Morgan fingerprint density at radius 3 is 2.66 bits per heavy atom. The quantitative estimate of drug-likeness (QED) is 0.827. The predicted octanol–water partition coefficient (Wildman–Crippen LogP) is 3.30. The number of carbonyl (C=O) groups excluding carboxylic acids is 2. The van der Waals surface area contributed by atoms with E-state index in [1.165, 1.54) is 30.3 Å². The minimum Gasteiger partial charge on any atom is -0.329 e. The van der Waals surface area contributed by atoms with Gasteiger partial charge in [0, 0.05) is 38.3 Å². The molecule has 0 saturated carbocycles. The highest BCUT2D eigenvalue weighted by Gasteiger charge is 2.31. The summed E-state index contributed by atoms with van der Waals surface area (Å²) in [5, 5.41) is 3.20. The third-order valence-electron chi connectivity index (χ3n) is 5.30. The van der Waals surface area contributed by atoms with Crippen LogP contribution >= 0.6 is 12.4 Å². The summed E-state index contributed by atoms with van der Waals surface area (Å²) in [7, 11) is 0. The molecule has 1 N–H and O–H groups in total. The molecule has 5 nitrogen and oxygen atoms in total. The van der Waals surface area contributed by atoms with Gasteiger partial charge in [-0.3, -0.25) is 9.59 Å². The zero-order chi connectivity index (χ0) is 19.7. The first kappa shape index (κ1) is 21.2. The minimum atomic E-state index is -0.628. The maximum absolute atomic E-state index is 14.5. The van der Waals surface area contributed by atoms with Gasteiger partial charge in [0.25, 0.3) is 5.91 Å². The van der Waals surface area contributed by atoms with E-state index < -0.39 is 17.8 Å². The Hall–Kier alpha value is -2.51. The first-order valence-electron chi connectivity index (χ1n) is 9.41. The number of nitrogens with zero attached hydrogens (tertiary/aromatic N) is 2. The standard InChI is InChI=1S/C21H21F2N3O2.ClH/c22-15-4-1-3-14(11-15)19-13-24-8-10-26(19)21(28)17-12-16(6-7-18(17)23)25-9-2-5-20(25)27;/h1,3-4,6-7,11-12,19,24H,2,5,8-10,13H2;1H. The summed E-state index contributed by atoms with van der Waals surface area (Å²) in [6, 6.07) is 9.92. The molecule has 0 aromatic heterocycles. The van der Waals surface area contributed by atoms with Crippen molar-refractivity contribution in [1.29, 1.82) is 0 Å². The molecule has 2 fully saturated rings. The molecule has 154 valence electrons. The lowest BCUT2D eigenvalue weighted by Crippen LogP contribution is -2.49. The highest BCUT2D eigenvalue weighted by atomic mass is 35.5. The Morgan fingerprint density at radius 1 is 1.10 bits per heavy atom. The smallest absolute Gasteiger partial charge is 0.257 e. The van der Waals surface area contributed by atoms with Crippen molar-refractivity contribution in [3.05, 3.63) is 65.2 Å². The van der Waals surface area contributed by atoms with Crippen molar-refractivity contribution >= 4 is 29.9 Å². The van der Waals surface area contributed by atoms with Crippen LogP contribution in [-0.2, 0) is 4.79 Å². The van der Waals surface area contributed by atoms with Crippen molar-refractivity contribution in [2.24, 2.45) is 0 Å². The van der Waals surface area contributed by atoms with Gasteiger partial charge in [-0.1, -0.05) is 12.1 Å². The van der Waals surface area contributed by atoms with Crippen molar-refractivity contribution < 1.29 is 18.4 Å². The first-order chi connectivity index (χ1) is 13.5. The summed E-state index contributed by atoms with van der Waals surface area (Å²) < 4.78 is 28.2. The van der Waals surface area contributed by atoms with Crippen molar-refractivity contribution in [3.8, 4) is 0 Å². The molecule has 29 heavy (non-hydrogen) atoms. The number of benzene rings is 2. The van der Waals surface area contributed by atoms with Crippen LogP contribution in [0.1, 0.15) is 34.8 Å². The second-order valence-corrected chi connectivity index (χ2v) is 7.09. The largest absolute Gasteiger partial charge is 0.329 e. The molecule has 2 aromatic rings. The lowest BCUT2D eigenvalue weighted by molar-refractivity contribution is -0.117. The van der Waals surface area contributed by atoms with Gasteiger partial charge in [-0.25, -0.2) is 8.78 Å². The Labute approximate surface area is 174 Å². The third-order valence-corrected chi connectivity index (χ3v) is 5.30. The van der Waals surface area contributed by atoms with E-state index in [0.29, 0.717) is 43.9 Å². The Bertz CT molecular complexity index is 925. The van der Waals surface area contributed by atoms with Crippen molar-refractivity contribution in [3.63, 3.8) is 0 Å². The highest BCUT2D eigenvalue weighted by molar-refractivity contribution is 5.99. The van der Waals surface area contributed by atoms with Gasteiger partial charge >= 0.3 is 0 Å². The van der Waals surface area contributed by atoms with Crippen molar-refractivity contribution in [2.75, 3.05) is 31.1 Å². The van der Waals surface area contributed by atoms with E-state index in [1.807, 2.05) is 0 Å². The first-order valence-corrected chi connectivity index (χ1v) is 9.41. The molecule has 1 atom stereocenters. The monoisotopic (exact) mass is 421 g/mol. The summed E-state index contributed by atoms with van der Waals surface area (Å²) in [6.45, 7) is 1.98. The molecule has 2 heterocycles. The van der Waals surface area contributed by atoms with Crippen LogP contribution in [0, 0.1) is 11.6 Å². The van der Waals surface area contributed by atoms with Gasteiger partial charge in [-0.2, -0.15) is 0 Å². The number of hydrogen-bond donors (Lipinski definition) is 1. The SMILES string of the molecule is Cl.O=C1CCCN1c1ccc(F)c(C(=O)N2CCNCC2c2cccc(F)c2)c1. The van der Waals surface area contributed by atoms with E-state index in [9.17, 15) is 18.4 Å². The van der Waals surface area contributed by atoms with Crippen molar-refractivity contribution in [2.45, 2.75) is 18.9 Å². The number of anilines is 1. The number of halogens is 3. The van der Waals surface area contributed by atoms with Crippen LogP contribution < -0.4 is 10.2 Å². The summed E-state index contributed by atoms with van der Waals surface area (Å²) in [4.78, 5) is 28.4. The summed E-state index contributed by atoms with van der Waals surface area (Å²) in [6.07, 6.45) is 1.21. The second kappa shape index (κ2) is 8.88. The molecule has 0 spiro atoms. The summed E-state index contributed by atoms with van der Waals surface area (Å²) in [5.74, 6) is -1.49. The van der Waals surface area contributed by atoms with Crippen LogP contribution in [0.25, 0.3) is 0 Å². The number of amides is 2. The fourth-order valence-electron chi connectivity index (χ4n) is 3.88. The minimum absolute atomic E-state index is 0. The molecule has 1 unspecified atom stereocenters. The Kier molecular flexibility index (Phi) is 6.49. The van der Waals surface area contributed by atoms with Gasteiger partial charge in [-0.15, -0.1) is 12.4 Å². The zero-order valence-corrected chi connectivity index (χ0v) is 16.6. The number of hydrogen-bond acceptors (Lipinski definition) is 3. The van der Waals surface area contributed by atoms with Gasteiger partial charge in [0.15, 0.2) is 0 Å². The molecular formula is C21H22ClF2N3O2. The van der Waals surface area contributed by atoms with E-state index in [-0.39, 0.29) is 29.7 Å². The van der Waals surface area contributed by atoms with Crippen LogP contribution in [0.15, 0.2) is 42.5 Å². The number of piperazine rings is 1. The van der Waals surface area contributed by atoms with Crippen LogP contribution in [0.3, 0.4) is 0 Å². The average Bonchev–Trinajstić information content (AvgIpc) is 3.14. The van der Waals surface area contributed by atoms with Gasteiger partial charge in [0.05, 0.1) is 11.6 Å². The number of carbonyl (C=O) groups is 2. The molecule has 2 aliphatic heterocycles. The lowest BCUT2D eigenvalue weighted by atomic mass is 10.0. The molecule has 0 aliphatic carbocycles. The Morgan fingerprint density at radius 2 is 1.93 bits per heavy atom. The molecule has 2 aliphatic rings. The normalized spacial score (nSPS) is 19.2. The van der Waals surface area contributed by atoms with E-state index in [2.05, 4.69) is 5.32 Å². The van der Waals surface area contributed by atoms with Crippen LogP contribution in [0.2, 0.25) is 0 Å². The van der Waals surface area contributed by atoms with Crippen LogP contribution in [0.4, 0.5) is 14.5 Å². The van der Waals surface area contributed by atoms with Gasteiger partial charge in [-0.05, 0) is 42.3 Å². The summed E-state index contributed by atoms with van der Waals surface area (Å²) >= 11 is 0. The molecule has 0 radical (unpaired) electrons. The van der Waals surface area contributed by atoms with E-state index in [1.54, 1.807) is 21.9 Å². The molecule has 8 heteroatoms. The van der Waals surface area contributed by atoms with E-state index >= 15 is 0 Å². The van der Waals surface area contributed by atoms with Gasteiger partial charge < -0.3 is 15.1 Å². The Balaban J connectivity index is 0.00000240. The number of rotatable bonds is 3. The molecule has 2 saturated heterocycles.